The van der Waals surface area contributed by atoms with E-state index in [-0.39, 0.29) is 17.6 Å². The minimum Gasteiger partial charge on any atom is -0.328 e. The Bertz CT molecular complexity index is 456. The molecule has 0 bridgehead atoms. The fourth-order valence-electron chi connectivity index (χ4n) is 2.24. The van der Waals surface area contributed by atoms with Gasteiger partial charge >= 0.3 is 0 Å². The monoisotopic (exact) mass is 265 g/mol. The summed E-state index contributed by atoms with van der Waals surface area (Å²) in [4.78, 5) is 13.9. The molecule has 1 aliphatic rings. The molecule has 0 unspecified atom stereocenters. The van der Waals surface area contributed by atoms with Crippen molar-refractivity contribution in [2.24, 2.45) is 5.73 Å². The molecular weight excluding hydrogens is 245 g/mol. The van der Waals surface area contributed by atoms with Crippen LogP contribution in [0.5, 0.6) is 0 Å². The van der Waals surface area contributed by atoms with Gasteiger partial charge in [0.25, 0.3) is 0 Å². The third kappa shape index (κ3) is 4.01. The van der Waals surface area contributed by atoms with E-state index in [0.29, 0.717) is 6.54 Å². The molecule has 5 heteroatoms. The minimum atomic E-state index is -0.403. The van der Waals surface area contributed by atoms with Crippen LogP contribution < -0.4 is 11.1 Å². The molecule has 1 heterocycles. The second kappa shape index (κ2) is 6.12. The van der Waals surface area contributed by atoms with Gasteiger partial charge in [-0.05, 0) is 37.5 Å². The maximum atomic E-state index is 13.5. The van der Waals surface area contributed by atoms with Crippen LogP contribution in [0, 0.1) is 12.7 Å². The Balaban J connectivity index is 1.89. The summed E-state index contributed by atoms with van der Waals surface area (Å²) in [6.45, 7) is 3.80. The van der Waals surface area contributed by atoms with Crippen LogP contribution >= 0.6 is 0 Å². The van der Waals surface area contributed by atoms with Crippen LogP contribution in [0.25, 0.3) is 0 Å². The number of halogens is 1. The normalized spacial score (nSPS) is 17.4. The minimum absolute atomic E-state index is 0.181. The lowest BCUT2D eigenvalue weighted by atomic mass is 10.1. The highest BCUT2D eigenvalue weighted by Crippen LogP contribution is 2.16. The molecule has 19 heavy (non-hydrogen) atoms. The van der Waals surface area contributed by atoms with E-state index in [2.05, 4.69) is 5.32 Å². The Morgan fingerprint density at radius 1 is 1.47 bits per heavy atom. The molecular formula is C14H20FN3O. The summed E-state index contributed by atoms with van der Waals surface area (Å²) in [5.74, 6) is -0.584. The average molecular weight is 265 g/mol. The Morgan fingerprint density at radius 3 is 2.84 bits per heavy atom. The van der Waals surface area contributed by atoms with E-state index in [1.165, 1.54) is 6.07 Å². The van der Waals surface area contributed by atoms with E-state index in [4.69, 9.17) is 5.73 Å². The van der Waals surface area contributed by atoms with Gasteiger partial charge in [-0.15, -0.1) is 0 Å². The maximum Gasteiger partial charge on any atom is 0.238 e. The summed E-state index contributed by atoms with van der Waals surface area (Å²) in [6, 6.07) is 4.93. The van der Waals surface area contributed by atoms with Crippen molar-refractivity contribution in [3.63, 3.8) is 0 Å². The van der Waals surface area contributed by atoms with Crippen LogP contribution in [0.4, 0.5) is 10.1 Å². The van der Waals surface area contributed by atoms with Crippen LogP contribution in [0.15, 0.2) is 18.2 Å². The lowest BCUT2D eigenvalue weighted by Crippen LogP contribution is -2.43. The van der Waals surface area contributed by atoms with Gasteiger partial charge in [-0.25, -0.2) is 4.39 Å². The summed E-state index contributed by atoms with van der Waals surface area (Å²) >= 11 is 0. The van der Waals surface area contributed by atoms with Gasteiger partial charge in [0.1, 0.15) is 5.82 Å². The number of benzene rings is 1. The predicted molar refractivity (Wildman–Crippen MR) is 73.4 cm³/mol. The number of likely N-dealkylation sites (tertiary alicyclic amines) is 1. The van der Waals surface area contributed by atoms with Gasteiger partial charge in [0.2, 0.25) is 5.91 Å². The molecule has 1 aromatic carbocycles. The van der Waals surface area contributed by atoms with E-state index in [0.717, 1.165) is 31.5 Å². The number of nitrogens with two attached hydrogens (primary N) is 1. The Kier molecular flexibility index (Phi) is 4.50. The molecule has 0 radical (unpaired) electrons. The molecule has 0 atom stereocenters. The van der Waals surface area contributed by atoms with E-state index in [1.807, 2.05) is 11.8 Å². The summed E-state index contributed by atoms with van der Waals surface area (Å²) in [7, 11) is 0. The molecule has 0 saturated carbocycles. The molecule has 1 saturated heterocycles. The zero-order chi connectivity index (χ0) is 13.8. The van der Waals surface area contributed by atoms with Crippen LogP contribution in [0.2, 0.25) is 0 Å². The third-order valence-corrected chi connectivity index (χ3v) is 3.40. The molecule has 104 valence electrons. The van der Waals surface area contributed by atoms with E-state index < -0.39 is 5.82 Å². The van der Waals surface area contributed by atoms with Crippen LogP contribution in [-0.2, 0) is 4.79 Å². The first-order valence-electron chi connectivity index (χ1n) is 6.58. The maximum absolute atomic E-state index is 13.5. The SMILES string of the molecule is Cc1ccc(F)c(NC(=O)CN2CCC(N)CC2)c1. The molecule has 1 aliphatic heterocycles. The van der Waals surface area contributed by atoms with Crippen LogP contribution in [0.3, 0.4) is 0 Å². The summed E-state index contributed by atoms with van der Waals surface area (Å²) in [5, 5.41) is 2.62. The van der Waals surface area contributed by atoms with Crippen molar-refractivity contribution < 1.29 is 9.18 Å². The van der Waals surface area contributed by atoms with E-state index in [1.54, 1.807) is 12.1 Å². The van der Waals surface area contributed by atoms with Gasteiger partial charge in [0.05, 0.1) is 12.2 Å². The lowest BCUT2D eigenvalue weighted by molar-refractivity contribution is -0.117. The smallest absolute Gasteiger partial charge is 0.238 e. The molecule has 3 N–H and O–H groups in total. The number of rotatable bonds is 3. The first-order valence-corrected chi connectivity index (χ1v) is 6.58. The quantitative estimate of drug-likeness (QED) is 0.870. The summed E-state index contributed by atoms with van der Waals surface area (Å²) < 4.78 is 13.5. The Morgan fingerprint density at radius 2 is 2.16 bits per heavy atom. The molecule has 1 aromatic rings. The fourth-order valence-corrected chi connectivity index (χ4v) is 2.24. The number of hydrogen-bond acceptors (Lipinski definition) is 3. The molecule has 0 aliphatic carbocycles. The topological polar surface area (TPSA) is 58.4 Å². The molecule has 0 spiro atoms. The van der Waals surface area contributed by atoms with E-state index >= 15 is 0 Å². The zero-order valence-corrected chi connectivity index (χ0v) is 11.2. The number of carbonyl (C=O) groups excluding carboxylic acids is 1. The van der Waals surface area contributed by atoms with Gasteiger partial charge in [-0.2, -0.15) is 0 Å². The Hall–Kier alpha value is -1.46. The Labute approximate surface area is 112 Å². The van der Waals surface area contributed by atoms with Gasteiger partial charge in [0.15, 0.2) is 0 Å². The highest BCUT2D eigenvalue weighted by molar-refractivity contribution is 5.92. The zero-order valence-electron chi connectivity index (χ0n) is 11.2. The van der Waals surface area contributed by atoms with Gasteiger partial charge in [-0.1, -0.05) is 6.07 Å². The first-order chi connectivity index (χ1) is 9.04. The number of hydrogen-bond donors (Lipinski definition) is 2. The largest absolute Gasteiger partial charge is 0.328 e. The molecule has 4 nitrogen and oxygen atoms in total. The van der Waals surface area contributed by atoms with Crippen molar-refractivity contribution in [2.75, 3.05) is 25.0 Å². The van der Waals surface area contributed by atoms with Crippen molar-refractivity contribution in [1.82, 2.24) is 4.90 Å². The third-order valence-electron chi connectivity index (χ3n) is 3.40. The van der Waals surface area contributed by atoms with Crippen LogP contribution in [0.1, 0.15) is 18.4 Å². The van der Waals surface area contributed by atoms with Gasteiger partial charge in [-0.3, -0.25) is 9.69 Å². The van der Waals surface area contributed by atoms with Crippen molar-refractivity contribution in [2.45, 2.75) is 25.8 Å². The van der Waals surface area contributed by atoms with E-state index in [9.17, 15) is 9.18 Å². The highest BCUT2D eigenvalue weighted by atomic mass is 19.1. The summed E-state index contributed by atoms with van der Waals surface area (Å²) in [5.41, 5.74) is 6.98. The van der Waals surface area contributed by atoms with Crippen molar-refractivity contribution in [1.29, 1.82) is 0 Å². The van der Waals surface area contributed by atoms with Gasteiger partial charge < -0.3 is 11.1 Å². The van der Waals surface area contributed by atoms with Crippen molar-refractivity contribution >= 4 is 11.6 Å². The van der Waals surface area contributed by atoms with Crippen molar-refractivity contribution in [3.05, 3.63) is 29.6 Å². The fraction of sp³-hybridized carbons (Fsp3) is 0.500. The number of nitrogens with zero attached hydrogens (tertiary/aromatic N) is 1. The first kappa shape index (κ1) is 14.0. The molecule has 1 amide bonds. The second-order valence-electron chi connectivity index (χ2n) is 5.15. The second-order valence-corrected chi connectivity index (χ2v) is 5.15. The highest BCUT2D eigenvalue weighted by Gasteiger charge is 2.18. The summed E-state index contributed by atoms with van der Waals surface area (Å²) in [6.07, 6.45) is 1.82. The number of aryl methyl sites for hydroxylation is 1. The number of nitrogens with one attached hydrogen (secondary N) is 1. The predicted octanol–water partition coefficient (Wildman–Crippen LogP) is 1.50. The average Bonchev–Trinajstić information content (AvgIpc) is 2.37. The standard InChI is InChI=1S/C14H20FN3O/c1-10-2-3-12(15)13(8-10)17-14(19)9-18-6-4-11(16)5-7-18/h2-3,8,11H,4-7,9,16H2,1H3,(H,17,19). The molecule has 0 aromatic heterocycles. The molecule has 2 rings (SSSR count). The number of piperidine rings is 1. The molecule has 1 fully saturated rings. The number of amides is 1. The van der Waals surface area contributed by atoms with Crippen LogP contribution in [-0.4, -0.2) is 36.5 Å². The van der Waals surface area contributed by atoms with Gasteiger partial charge in [0, 0.05) is 19.1 Å². The lowest BCUT2D eigenvalue weighted by Gasteiger charge is -2.29. The number of anilines is 1. The number of carbonyl (C=O) groups is 1. The van der Waals surface area contributed by atoms with Crippen molar-refractivity contribution in [3.8, 4) is 0 Å².